The number of carbonyl (C=O) groups is 2. The Morgan fingerprint density at radius 2 is 1.79 bits per heavy atom. The van der Waals surface area contributed by atoms with Crippen molar-refractivity contribution in [1.29, 1.82) is 0 Å². The lowest BCUT2D eigenvalue weighted by molar-refractivity contribution is -0.113. The fourth-order valence-corrected chi connectivity index (χ4v) is 3.99. The summed E-state index contributed by atoms with van der Waals surface area (Å²) in [5, 5.41) is 0.262. The van der Waals surface area contributed by atoms with Crippen LogP contribution in [0.25, 0.3) is 17.4 Å². The van der Waals surface area contributed by atoms with Crippen molar-refractivity contribution in [3.05, 3.63) is 81.9 Å². The van der Waals surface area contributed by atoms with E-state index in [9.17, 15) is 9.59 Å². The molecule has 0 unspecified atom stereocenters. The minimum absolute atomic E-state index is 0.321. The molecule has 28 heavy (non-hydrogen) atoms. The fourth-order valence-electron chi connectivity index (χ4n) is 2.94. The Kier molecular flexibility index (Phi) is 5.11. The summed E-state index contributed by atoms with van der Waals surface area (Å²) in [5.41, 5.74) is 2.49. The molecule has 1 fully saturated rings. The van der Waals surface area contributed by atoms with Crippen LogP contribution in [0.3, 0.4) is 0 Å². The first-order valence-electron chi connectivity index (χ1n) is 8.78. The van der Waals surface area contributed by atoms with Crippen LogP contribution in [0.2, 0.25) is 5.02 Å². The van der Waals surface area contributed by atoms with E-state index in [4.69, 9.17) is 16.0 Å². The van der Waals surface area contributed by atoms with Crippen LogP contribution in [0.5, 0.6) is 0 Å². The summed E-state index contributed by atoms with van der Waals surface area (Å²) in [7, 11) is 0. The average molecular weight is 410 g/mol. The second kappa shape index (κ2) is 7.70. The molecule has 0 bridgehead atoms. The minimum Gasteiger partial charge on any atom is -0.457 e. The van der Waals surface area contributed by atoms with Gasteiger partial charge in [0.05, 0.1) is 15.6 Å². The van der Waals surface area contributed by atoms with Crippen molar-refractivity contribution < 1.29 is 14.0 Å². The lowest BCUT2D eigenvalue weighted by Crippen LogP contribution is -2.27. The second-order valence-electron chi connectivity index (χ2n) is 6.22. The minimum atomic E-state index is -0.352. The van der Waals surface area contributed by atoms with Gasteiger partial charge in [0.15, 0.2) is 0 Å². The summed E-state index contributed by atoms with van der Waals surface area (Å²) < 4.78 is 5.81. The van der Waals surface area contributed by atoms with Crippen molar-refractivity contribution in [2.45, 2.75) is 13.3 Å². The highest BCUT2D eigenvalue weighted by Crippen LogP contribution is 2.37. The molecule has 1 aliphatic rings. The number of amides is 2. The van der Waals surface area contributed by atoms with E-state index >= 15 is 0 Å². The van der Waals surface area contributed by atoms with Gasteiger partial charge >= 0.3 is 0 Å². The van der Waals surface area contributed by atoms with Crippen LogP contribution in [0, 0.1) is 0 Å². The second-order valence-corrected chi connectivity index (χ2v) is 7.62. The van der Waals surface area contributed by atoms with E-state index in [1.54, 1.807) is 36.4 Å². The molecule has 2 amide bonds. The summed E-state index contributed by atoms with van der Waals surface area (Å²) >= 11 is 7.11. The fraction of sp³-hybridized carbons (Fsp3) is 0.0909. The van der Waals surface area contributed by atoms with Crippen LogP contribution < -0.4 is 4.90 Å². The standard InChI is InChI=1S/C22H16ClNO3S/c1-2-14-7-9-15(10-8-14)24-21(25)20(28-22(24)26)13-16-11-12-19(27-16)17-5-3-4-6-18(17)23/h3-13H,2H2,1H3/b20-13+. The summed E-state index contributed by atoms with van der Waals surface area (Å²) in [5.74, 6) is 0.739. The molecule has 1 saturated heterocycles. The summed E-state index contributed by atoms with van der Waals surface area (Å²) in [4.78, 5) is 26.7. The van der Waals surface area contributed by atoms with Gasteiger partial charge in [0, 0.05) is 11.6 Å². The molecule has 0 atom stereocenters. The number of rotatable bonds is 4. The number of thioether (sulfide) groups is 1. The van der Waals surface area contributed by atoms with Gasteiger partial charge in [-0.05, 0) is 60.1 Å². The average Bonchev–Trinajstić information content (AvgIpc) is 3.27. The van der Waals surface area contributed by atoms with Gasteiger partial charge in [0.1, 0.15) is 11.5 Å². The maximum atomic E-state index is 12.8. The Labute approximate surface area is 171 Å². The number of carbonyl (C=O) groups excluding carboxylic acids is 2. The molecule has 2 aromatic carbocycles. The first-order chi connectivity index (χ1) is 13.6. The van der Waals surface area contributed by atoms with Crippen LogP contribution in [-0.4, -0.2) is 11.1 Å². The van der Waals surface area contributed by atoms with Gasteiger partial charge < -0.3 is 4.42 Å². The molecule has 6 heteroatoms. The van der Waals surface area contributed by atoms with Gasteiger partial charge in [-0.1, -0.05) is 42.8 Å². The van der Waals surface area contributed by atoms with E-state index in [0.717, 1.165) is 29.3 Å². The third kappa shape index (κ3) is 3.51. The molecule has 4 nitrogen and oxygen atoms in total. The zero-order chi connectivity index (χ0) is 19.7. The molecule has 0 spiro atoms. The van der Waals surface area contributed by atoms with E-state index in [-0.39, 0.29) is 11.1 Å². The zero-order valence-electron chi connectivity index (χ0n) is 15.0. The third-order valence-electron chi connectivity index (χ3n) is 4.44. The first-order valence-corrected chi connectivity index (χ1v) is 9.98. The number of hydrogen-bond donors (Lipinski definition) is 0. The zero-order valence-corrected chi connectivity index (χ0v) is 16.6. The molecule has 0 aliphatic carbocycles. The lowest BCUT2D eigenvalue weighted by Gasteiger charge is -2.12. The highest BCUT2D eigenvalue weighted by molar-refractivity contribution is 8.19. The number of nitrogens with zero attached hydrogens (tertiary/aromatic N) is 1. The summed E-state index contributed by atoms with van der Waals surface area (Å²) in [6.07, 6.45) is 2.49. The van der Waals surface area contributed by atoms with Crippen molar-refractivity contribution in [3.8, 4) is 11.3 Å². The van der Waals surface area contributed by atoms with Crippen LogP contribution >= 0.6 is 23.4 Å². The number of furan rings is 1. The van der Waals surface area contributed by atoms with E-state index < -0.39 is 0 Å². The molecule has 2 heterocycles. The Hall–Kier alpha value is -2.76. The normalized spacial score (nSPS) is 15.6. The van der Waals surface area contributed by atoms with Gasteiger partial charge in [-0.25, -0.2) is 4.90 Å². The van der Waals surface area contributed by atoms with E-state index in [1.807, 2.05) is 30.3 Å². The van der Waals surface area contributed by atoms with Crippen molar-refractivity contribution in [1.82, 2.24) is 0 Å². The van der Waals surface area contributed by atoms with Crippen molar-refractivity contribution in [2.24, 2.45) is 0 Å². The highest BCUT2D eigenvalue weighted by atomic mass is 35.5. The van der Waals surface area contributed by atoms with Gasteiger partial charge in [0.25, 0.3) is 11.1 Å². The molecular weight excluding hydrogens is 394 g/mol. The van der Waals surface area contributed by atoms with E-state index in [2.05, 4.69) is 6.92 Å². The monoisotopic (exact) mass is 409 g/mol. The van der Waals surface area contributed by atoms with Crippen molar-refractivity contribution in [3.63, 3.8) is 0 Å². The number of imide groups is 1. The molecule has 4 rings (SSSR count). The van der Waals surface area contributed by atoms with Crippen LogP contribution in [-0.2, 0) is 11.2 Å². The number of benzene rings is 2. The van der Waals surface area contributed by atoms with E-state index in [0.29, 0.717) is 27.1 Å². The predicted molar refractivity (Wildman–Crippen MR) is 113 cm³/mol. The van der Waals surface area contributed by atoms with E-state index in [1.165, 1.54) is 4.90 Å². The Bertz CT molecular complexity index is 1090. The first kappa shape index (κ1) is 18.6. The number of halogens is 1. The largest absolute Gasteiger partial charge is 0.457 e. The molecule has 3 aromatic rings. The van der Waals surface area contributed by atoms with Gasteiger partial charge in [-0.2, -0.15) is 0 Å². The number of hydrogen-bond acceptors (Lipinski definition) is 4. The SMILES string of the molecule is CCc1ccc(N2C(=O)S/C(=C/c3ccc(-c4ccccc4Cl)o3)C2=O)cc1. The topological polar surface area (TPSA) is 50.5 Å². The third-order valence-corrected chi connectivity index (χ3v) is 5.64. The van der Waals surface area contributed by atoms with Crippen LogP contribution in [0.1, 0.15) is 18.2 Å². The number of aryl methyl sites for hydroxylation is 1. The molecule has 0 saturated carbocycles. The van der Waals surface area contributed by atoms with Crippen LogP contribution in [0.4, 0.5) is 10.5 Å². The molecule has 0 N–H and O–H groups in total. The Morgan fingerprint density at radius 3 is 2.50 bits per heavy atom. The molecule has 0 radical (unpaired) electrons. The number of anilines is 1. The Balaban J connectivity index is 1.60. The lowest BCUT2D eigenvalue weighted by atomic mass is 10.1. The van der Waals surface area contributed by atoms with Gasteiger partial charge in [0.2, 0.25) is 0 Å². The van der Waals surface area contributed by atoms with Gasteiger partial charge in [-0.3, -0.25) is 9.59 Å². The Morgan fingerprint density at radius 1 is 1.04 bits per heavy atom. The molecule has 1 aliphatic heterocycles. The van der Waals surface area contributed by atoms with Crippen LogP contribution in [0.15, 0.2) is 70.0 Å². The maximum absolute atomic E-state index is 12.8. The summed E-state index contributed by atoms with van der Waals surface area (Å²) in [6.45, 7) is 2.05. The molecular formula is C22H16ClNO3S. The van der Waals surface area contributed by atoms with Crippen molar-refractivity contribution >= 4 is 46.3 Å². The molecule has 1 aromatic heterocycles. The highest BCUT2D eigenvalue weighted by Gasteiger charge is 2.36. The quantitative estimate of drug-likeness (QED) is 0.467. The van der Waals surface area contributed by atoms with Gasteiger partial charge in [-0.15, -0.1) is 0 Å². The summed E-state index contributed by atoms with van der Waals surface area (Å²) in [6, 6.07) is 18.3. The maximum Gasteiger partial charge on any atom is 0.298 e. The predicted octanol–water partition coefficient (Wildman–Crippen LogP) is 6.40. The van der Waals surface area contributed by atoms with Crippen molar-refractivity contribution in [2.75, 3.05) is 4.90 Å². The molecule has 140 valence electrons. The smallest absolute Gasteiger partial charge is 0.298 e.